The number of rotatable bonds is 4. The lowest BCUT2D eigenvalue weighted by Gasteiger charge is -2.04. The summed E-state index contributed by atoms with van der Waals surface area (Å²) in [4.78, 5) is 15.8. The van der Waals surface area contributed by atoms with E-state index in [-0.39, 0.29) is 5.95 Å². The highest BCUT2D eigenvalue weighted by molar-refractivity contribution is 5.83. The van der Waals surface area contributed by atoms with E-state index in [1.165, 1.54) is 0 Å². The normalized spacial score (nSPS) is 10.9. The Morgan fingerprint density at radius 2 is 2.12 bits per heavy atom. The maximum absolute atomic E-state index is 5.60. The minimum Gasteiger partial charge on any atom is -0.497 e. The van der Waals surface area contributed by atoms with Crippen molar-refractivity contribution in [3.63, 3.8) is 0 Å². The molecule has 0 radical (unpaired) electrons. The summed E-state index contributed by atoms with van der Waals surface area (Å²) >= 11 is 0. The summed E-state index contributed by atoms with van der Waals surface area (Å²) in [6.45, 7) is 0. The number of H-pyrrole nitrogens is 2. The van der Waals surface area contributed by atoms with Crippen LogP contribution in [0.2, 0.25) is 0 Å². The number of nitrogens with two attached hydrogens (primary N) is 1. The summed E-state index contributed by atoms with van der Waals surface area (Å²) in [6.07, 6.45) is 3.24. The molecule has 0 saturated carbocycles. The largest absolute Gasteiger partial charge is 0.497 e. The van der Waals surface area contributed by atoms with Crippen molar-refractivity contribution in [2.45, 2.75) is 0 Å². The smallest absolute Gasteiger partial charge is 0.221 e. The number of ether oxygens (including phenoxy) is 1. The first-order valence-electron chi connectivity index (χ1n) is 7.16. The van der Waals surface area contributed by atoms with Gasteiger partial charge in [0.2, 0.25) is 5.95 Å². The molecule has 1 aromatic carbocycles. The third-order valence-electron chi connectivity index (χ3n) is 3.50. The highest BCUT2D eigenvalue weighted by Gasteiger charge is 2.13. The molecule has 0 atom stereocenters. The summed E-state index contributed by atoms with van der Waals surface area (Å²) < 4.78 is 5.23. The predicted molar refractivity (Wildman–Crippen MR) is 90.0 cm³/mol. The van der Waals surface area contributed by atoms with Gasteiger partial charge in [0.1, 0.15) is 17.3 Å². The number of fused-ring (bicyclic) bond motifs is 1. The van der Waals surface area contributed by atoms with Crippen molar-refractivity contribution >= 4 is 28.5 Å². The van der Waals surface area contributed by atoms with Gasteiger partial charge < -0.3 is 20.8 Å². The lowest BCUT2D eigenvalue weighted by Crippen LogP contribution is -1.99. The molecule has 0 spiro atoms. The molecule has 120 valence electrons. The Morgan fingerprint density at radius 3 is 2.96 bits per heavy atom. The van der Waals surface area contributed by atoms with Crippen molar-refractivity contribution in [2.75, 3.05) is 18.2 Å². The highest BCUT2D eigenvalue weighted by atomic mass is 16.5. The predicted octanol–water partition coefficient (Wildman–Crippen LogP) is 2.08. The lowest BCUT2D eigenvalue weighted by molar-refractivity contribution is 0.415. The van der Waals surface area contributed by atoms with Gasteiger partial charge in [0.25, 0.3) is 0 Å². The number of hydrogen-bond acceptors (Lipinski definition) is 7. The molecule has 9 nitrogen and oxygen atoms in total. The van der Waals surface area contributed by atoms with E-state index in [2.05, 4.69) is 35.5 Å². The van der Waals surface area contributed by atoms with Gasteiger partial charge in [-0.05, 0) is 18.2 Å². The zero-order valence-electron chi connectivity index (χ0n) is 12.7. The molecule has 4 aromatic rings. The average Bonchev–Trinajstić information content (AvgIpc) is 3.20. The maximum Gasteiger partial charge on any atom is 0.221 e. The molecule has 3 heterocycles. The number of imidazole rings is 1. The van der Waals surface area contributed by atoms with Gasteiger partial charge in [0.15, 0.2) is 5.82 Å². The van der Waals surface area contributed by atoms with Gasteiger partial charge >= 0.3 is 0 Å². The third kappa shape index (κ3) is 2.47. The Balaban J connectivity index is 1.71. The summed E-state index contributed by atoms with van der Waals surface area (Å²) in [6, 6.07) is 7.36. The summed E-state index contributed by atoms with van der Waals surface area (Å²) in [5.41, 5.74) is 8.73. The molecule has 0 unspecified atom stereocenters. The second kappa shape index (κ2) is 5.54. The number of nitrogens with one attached hydrogen (secondary N) is 3. The van der Waals surface area contributed by atoms with Gasteiger partial charge in [-0.1, -0.05) is 0 Å². The first kappa shape index (κ1) is 14.0. The van der Waals surface area contributed by atoms with Gasteiger partial charge in [-0.2, -0.15) is 10.1 Å². The van der Waals surface area contributed by atoms with Crippen LogP contribution in [0.4, 0.5) is 17.5 Å². The minimum atomic E-state index is 0.195. The van der Waals surface area contributed by atoms with Crippen LogP contribution in [0.15, 0.2) is 36.7 Å². The molecular formula is C15H14N8O. The second-order valence-electron chi connectivity index (χ2n) is 5.05. The van der Waals surface area contributed by atoms with Crippen molar-refractivity contribution in [3.8, 4) is 17.3 Å². The number of benzene rings is 1. The molecule has 0 aliphatic carbocycles. The summed E-state index contributed by atoms with van der Waals surface area (Å²) in [5.74, 6) is 2.18. The third-order valence-corrected chi connectivity index (χ3v) is 3.50. The molecule has 4 rings (SSSR count). The monoisotopic (exact) mass is 322 g/mol. The number of aromatic amines is 2. The molecule has 24 heavy (non-hydrogen) atoms. The Kier molecular flexibility index (Phi) is 3.23. The minimum absolute atomic E-state index is 0.195. The molecule has 0 amide bonds. The molecule has 9 heteroatoms. The topological polar surface area (TPSA) is 130 Å². The van der Waals surface area contributed by atoms with E-state index >= 15 is 0 Å². The number of methoxy groups -OCH3 is 1. The molecular weight excluding hydrogens is 308 g/mol. The van der Waals surface area contributed by atoms with E-state index in [1.54, 1.807) is 25.6 Å². The van der Waals surface area contributed by atoms with Crippen molar-refractivity contribution in [2.24, 2.45) is 0 Å². The van der Waals surface area contributed by atoms with Crippen LogP contribution in [0.1, 0.15) is 0 Å². The van der Waals surface area contributed by atoms with Crippen LogP contribution in [0.3, 0.4) is 0 Å². The molecule has 3 aromatic heterocycles. The van der Waals surface area contributed by atoms with Crippen LogP contribution in [-0.4, -0.2) is 37.2 Å². The lowest BCUT2D eigenvalue weighted by atomic mass is 10.3. The van der Waals surface area contributed by atoms with Crippen LogP contribution in [0.25, 0.3) is 22.6 Å². The Bertz CT molecular complexity index is 1010. The number of nitrogen functional groups attached to an aromatic ring is 1. The first-order valence-corrected chi connectivity index (χ1v) is 7.16. The maximum atomic E-state index is 5.60. The molecule has 0 aliphatic rings. The van der Waals surface area contributed by atoms with E-state index in [1.807, 2.05) is 18.2 Å². The van der Waals surface area contributed by atoms with Crippen molar-refractivity contribution in [1.82, 2.24) is 30.1 Å². The van der Waals surface area contributed by atoms with E-state index in [4.69, 9.17) is 10.5 Å². The molecule has 5 N–H and O–H groups in total. The SMILES string of the molecule is COc1ccc2nc(-c3[nH]ncc3Nc3ccnc(N)n3)[nH]c2c1. The van der Waals surface area contributed by atoms with Crippen molar-refractivity contribution in [1.29, 1.82) is 0 Å². The zero-order chi connectivity index (χ0) is 16.5. The number of nitrogens with zero attached hydrogens (tertiary/aromatic N) is 4. The molecule has 0 aliphatic heterocycles. The van der Waals surface area contributed by atoms with Gasteiger partial charge in [-0.15, -0.1) is 0 Å². The molecule has 0 bridgehead atoms. The fourth-order valence-corrected chi connectivity index (χ4v) is 2.38. The van der Waals surface area contributed by atoms with Crippen LogP contribution >= 0.6 is 0 Å². The van der Waals surface area contributed by atoms with Crippen LogP contribution < -0.4 is 15.8 Å². The number of anilines is 3. The van der Waals surface area contributed by atoms with Crippen molar-refractivity contribution in [3.05, 3.63) is 36.7 Å². The fourth-order valence-electron chi connectivity index (χ4n) is 2.38. The number of aromatic nitrogens is 6. The van der Waals surface area contributed by atoms with Gasteiger partial charge in [-0.3, -0.25) is 5.10 Å². The first-order chi connectivity index (χ1) is 11.7. The molecule has 0 saturated heterocycles. The van der Waals surface area contributed by atoms with Crippen LogP contribution in [-0.2, 0) is 0 Å². The second-order valence-corrected chi connectivity index (χ2v) is 5.05. The van der Waals surface area contributed by atoms with Crippen LogP contribution in [0.5, 0.6) is 5.75 Å². The van der Waals surface area contributed by atoms with Gasteiger partial charge in [-0.25, -0.2) is 9.97 Å². The van der Waals surface area contributed by atoms with Gasteiger partial charge in [0.05, 0.1) is 30.0 Å². The van der Waals surface area contributed by atoms with E-state index in [0.29, 0.717) is 17.3 Å². The van der Waals surface area contributed by atoms with Crippen molar-refractivity contribution < 1.29 is 4.74 Å². The van der Waals surface area contributed by atoms with Crippen LogP contribution in [0, 0.1) is 0 Å². The average molecular weight is 322 g/mol. The quantitative estimate of drug-likeness (QED) is 0.452. The zero-order valence-corrected chi connectivity index (χ0v) is 12.7. The van der Waals surface area contributed by atoms with E-state index in [9.17, 15) is 0 Å². The highest BCUT2D eigenvalue weighted by Crippen LogP contribution is 2.28. The fraction of sp³-hybridized carbons (Fsp3) is 0.0667. The molecule has 0 fully saturated rings. The Morgan fingerprint density at radius 1 is 1.21 bits per heavy atom. The van der Waals surface area contributed by atoms with E-state index < -0.39 is 0 Å². The van der Waals surface area contributed by atoms with E-state index in [0.717, 1.165) is 22.5 Å². The summed E-state index contributed by atoms with van der Waals surface area (Å²) in [7, 11) is 1.63. The Hall–Kier alpha value is -3.62. The number of hydrogen-bond donors (Lipinski definition) is 4. The summed E-state index contributed by atoms with van der Waals surface area (Å²) in [5, 5.41) is 10.2. The Labute approximate surface area is 136 Å². The van der Waals surface area contributed by atoms with Gasteiger partial charge in [0, 0.05) is 12.3 Å². The standard InChI is InChI=1S/C15H14N8O/c1-24-8-2-3-9-10(6-8)21-14(20-9)13-11(7-18-23-13)19-12-4-5-17-15(16)22-12/h2-7H,1H3,(H,18,23)(H,20,21)(H3,16,17,19,22).